The molecular weight excluding hydrogens is 515 g/mol. The summed E-state index contributed by atoms with van der Waals surface area (Å²) >= 11 is 5.88. The van der Waals surface area contributed by atoms with Crippen LogP contribution in [0.4, 0.5) is 9.18 Å². The lowest BCUT2D eigenvalue weighted by molar-refractivity contribution is -0.0892. The number of Topliss-reactive ketones (excluding diaryl/α,β-unsaturated/α-hetero) is 1. The Hall–Kier alpha value is -3.17. The van der Waals surface area contributed by atoms with Crippen LogP contribution in [0, 0.1) is 5.82 Å². The number of fused-ring (bicyclic) bond motifs is 1. The van der Waals surface area contributed by atoms with Crippen molar-refractivity contribution in [1.29, 1.82) is 0 Å². The lowest BCUT2D eigenvalue weighted by atomic mass is 9.85. The summed E-state index contributed by atoms with van der Waals surface area (Å²) in [5.74, 6) is -0.968. The Kier molecular flexibility index (Phi) is 8.57. The van der Waals surface area contributed by atoms with Gasteiger partial charge in [0.15, 0.2) is 11.9 Å². The Bertz CT molecular complexity index is 1210. The van der Waals surface area contributed by atoms with Gasteiger partial charge in [0.25, 0.3) is 5.91 Å². The largest absolute Gasteiger partial charge is 0.508 e. The monoisotopic (exact) mass is 546 g/mol. The van der Waals surface area contributed by atoms with E-state index in [4.69, 9.17) is 25.8 Å². The van der Waals surface area contributed by atoms with Crippen molar-refractivity contribution < 1.29 is 33.0 Å². The molecule has 2 atom stereocenters. The molecule has 0 aliphatic carbocycles. The average molecular weight is 547 g/mol. The molecule has 0 spiro atoms. The van der Waals surface area contributed by atoms with Crippen molar-refractivity contribution in [3.63, 3.8) is 0 Å². The summed E-state index contributed by atoms with van der Waals surface area (Å²) < 4.78 is 31.0. The highest BCUT2D eigenvalue weighted by Crippen LogP contribution is 2.42. The lowest BCUT2D eigenvalue weighted by Crippen LogP contribution is -2.55. The smallest absolute Gasteiger partial charge is 0.484 e. The van der Waals surface area contributed by atoms with E-state index in [0.29, 0.717) is 23.4 Å². The van der Waals surface area contributed by atoms with Crippen LogP contribution in [-0.4, -0.2) is 60.7 Å². The van der Waals surface area contributed by atoms with Gasteiger partial charge in [-0.05, 0) is 83.1 Å². The van der Waals surface area contributed by atoms with E-state index in [1.165, 1.54) is 25.5 Å². The Labute approximate surface area is 226 Å². The van der Waals surface area contributed by atoms with E-state index < -0.39 is 35.6 Å². The molecule has 1 fully saturated rings. The molecule has 38 heavy (non-hydrogen) atoms. The molecule has 1 N–H and O–H groups in total. The van der Waals surface area contributed by atoms with Gasteiger partial charge in [-0.3, -0.25) is 14.5 Å². The van der Waals surface area contributed by atoms with Crippen molar-refractivity contribution in [2.45, 2.75) is 57.8 Å². The van der Waals surface area contributed by atoms with Gasteiger partial charge in [-0.15, -0.1) is 0 Å². The van der Waals surface area contributed by atoms with Crippen LogP contribution >= 0.6 is 11.6 Å². The van der Waals surface area contributed by atoms with Gasteiger partial charge >= 0.3 is 6.16 Å². The van der Waals surface area contributed by atoms with E-state index >= 15 is 0 Å². The number of halogens is 2. The molecule has 2 aromatic carbocycles. The van der Waals surface area contributed by atoms with Gasteiger partial charge in [0.1, 0.15) is 23.8 Å². The number of piperidine rings is 1. The molecule has 2 aliphatic rings. The highest BCUT2D eigenvalue weighted by molar-refractivity contribution is 6.31. The number of hydrogen-bond donors (Lipinski definition) is 1. The van der Waals surface area contributed by atoms with Gasteiger partial charge in [-0.25, -0.2) is 9.18 Å². The molecule has 0 radical (unpaired) electrons. The van der Waals surface area contributed by atoms with Gasteiger partial charge in [0.2, 0.25) is 0 Å². The number of ketones is 1. The molecule has 204 valence electrons. The standard InChI is InChI=1S/C28H32ClFN2O6/c1-17(33)18-8-10-23-20(15-18)24(31-26(34)19-7-9-22(30)21(29)16-19)25(28(2,3)38-23)37-27(35)36-14-13-32-11-5-4-6-12-32/h7-10,15-16,24-25H,4-6,11-14H2,1-3H3,(H,31,34). The van der Waals surface area contributed by atoms with Crippen LogP contribution in [0.2, 0.25) is 5.02 Å². The minimum atomic E-state index is -1.07. The topological polar surface area (TPSA) is 94.2 Å². The zero-order valence-electron chi connectivity index (χ0n) is 21.7. The van der Waals surface area contributed by atoms with Gasteiger partial charge in [0.05, 0.1) is 11.1 Å². The molecule has 1 amide bonds. The van der Waals surface area contributed by atoms with E-state index in [-0.39, 0.29) is 23.0 Å². The molecule has 2 heterocycles. The third-order valence-corrected chi connectivity index (χ3v) is 7.17. The highest BCUT2D eigenvalue weighted by Gasteiger charge is 2.48. The highest BCUT2D eigenvalue weighted by atomic mass is 35.5. The molecule has 10 heteroatoms. The number of likely N-dealkylation sites (tertiary alicyclic amines) is 1. The van der Waals surface area contributed by atoms with Gasteiger partial charge in [-0.2, -0.15) is 0 Å². The van der Waals surface area contributed by atoms with Crippen molar-refractivity contribution in [3.05, 3.63) is 63.9 Å². The molecule has 8 nitrogen and oxygen atoms in total. The summed E-state index contributed by atoms with van der Waals surface area (Å²) in [6, 6.07) is 7.60. The van der Waals surface area contributed by atoms with Crippen molar-refractivity contribution in [2.75, 3.05) is 26.2 Å². The third kappa shape index (κ3) is 6.45. The molecule has 2 aliphatic heterocycles. The van der Waals surface area contributed by atoms with Crippen molar-refractivity contribution in [1.82, 2.24) is 10.2 Å². The zero-order valence-corrected chi connectivity index (χ0v) is 22.5. The van der Waals surface area contributed by atoms with Crippen LogP contribution in [0.15, 0.2) is 36.4 Å². The fourth-order valence-corrected chi connectivity index (χ4v) is 4.99. The summed E-state index contributed by atoms with van der Waals surface area (Å²) in [5.41, 5.74) is -0.0915. The lowest BCUT2D eigenvalue weighted by Gasteiger charge is -2.44. The summed E-state index contributed by atoms with van der Waals surface area (Å²) in [7, 11) is 0. The van der Waals surface area contributed by atoms with Crippen LogP contribution in [0.1, 0.15) is 72.4 Å². The molecule has 2 unspecified atom stereocenters. The van der Waals surface area contributed by atoms with E-state index in [1.807, 2.05) is 0 Å². The van der Waals surface area contributed by atoms with Gasteiger partial charge < -0.3 is 19.5 Å². The van der Waals surface area contributed by atoms with E-state index in [9.17, 15) is 18.8 Å². The number of nitrogens with zero attached hydrogens (tertiary/aromatic N) is 1. The van der Waals surface area contributed by atoms with Crippen molar-refractivity contribution in [3.8, 4) is 5.75 Å². The fourth-order valence-electron chi connectivity index (χ4n) is 4.81. The van der Waals surface area contributed by atoms with Crippen LogP contribution in [0.5, 0.6) is 5.75 Å². The van der Waals surface area contributed by atoms with E-state index in [1.54, 1.807) is 32.0 Å². The predicted molar refractivity (Wildman–Crippen MR) is 139 cm³/mol. The number of benzene rings is 2. The molecule has 0 aromatic heterocycles. The second-order valence-electron chi connectivity index (χ2n) is 10.1. The Morgan fingerprint density at radius 1 is 1.11 bits per heavy atom. The Balaban J connectivity index is 1.58. The maximum atomic E-state index is 13.7. The third-order valence-electron chi connectivity index (χ3n) is 6.88. The maximum absolute atomic E-state index is 13.7. The van der Waals surface area contributed by atoms with Crippen LogP contribution in [0.3, 0.4) is 0 Å². The second kappa shape index (κ2) is 11.7. The number of rotatable bonds is 7. The number of hydrogen-bond acceptors (Lipinski definition) is 7. The SMILES string of the molecule is CC(=O)c1ccc2c(c1)C(NC(=O)c1ccc(F)c(Cl)c1)C(OC(=O)OCCN1CCCCC1)C(C)(C)O2. The van der Waals surface area contributed by atoms with E-state index in [2.05, 4.69) is 10.2 Å². The predicted octanol–water partition coefficient (Wildman–Crippen LogP) is 5.33. The first-order valence-electron chi connectivity index (χ1n) is 12.7. The maximum Gasteiger partial charge on any atom is 0.508 e. The first-order valence-corrected chi connectivity index (χ1v) is 13.1. The number of amides is 1. The van der Waals surface area contributed by atoms with Crippen molar-refractivity contribution >= 4 is 29.4 Å². The minimum Gasteiger partial charge on any atom is -0.484 e. The summed E-state index contributed by atoms with van der Waals surface area (Å²) in [5, 5.41) is 2.67. The summed E-state index contributed by atoms with van der Waals surface area (Å²) in [4.78, 5) is 40.3. The fraction of sp³-hybridized carbons (Fsp3) is 0.464. The average Bonchev–Trinajstić information content (AvgIpc) is 2.87. The zero-order chi connectivity index (χ0) is 27.4. The molecular formula is C28H32ClFN2O6. The van der Waals surface area contributed by atoms with Gasteiger partial charge in [0, 0.05) is 23.2 Å². The Morgan fingerprint density at radius 3 is 2.50 bits per heavy atom. The molecule has 0 saturated carbocycles. The summed E-state index contributed by atoms with van der Waals surface area (Å²) in [6.07, 6.45) is 1.56. The molecule has 4 rings (SSSR count). The van der Waals surface area contributed by atoms with Gasteiger partial charge in [-0.1, -0.05) is 18.0 Å². The molecule has 0 bridgehead atoms. The summed E-state index contributed by atoms with van der Waals surface area (Å²) in [6.45, 7) is 7.61. The second-order valence-corrected chi connectivity index (χ2v) is 10.5. The van der Waals surface area contributed by atoms with Crippen LogP contribution < -0.4 is 10.1 Å². The quantitative estimate of drug-likeness (QED) is 0.370. The normalized spacial score (nSPS) is 20.6. The van der Waals surface area contributed by atoms with E-state index in [0.717, 1.165) is 32.0 Å². The van der Waals surface area contributed by atoms with Crippen molar-refractivity contribution in [2.24, 2.45) is 0 Å². The molecule has 1 saturated heterocycles. The first kappa shape index (κ1) is 27.9. The Morgan fingerprint density at radius 2 is 1.82 bits per heavy atom. The first-order chi connectivity index (χ1) is 18.0. The molecule has 2 aromatic rings. The van der Waals surface area contributed by atoms with Crippen LogP contribution in [0.25, 0.3) is 0 Å². The number of carbonyl (C=O) groups is 3. The number of nitrogens with one attached hydrogen (secondary N) is 1. The number of ether oxygens (including phenoxy) is 3. The minimum absolute atomic E-state index is 0.118. The van der Waals surface area contributed by atoms with Crippen LogP contribution in [-0.2, 0) is 9.47 Å². The number of carbonyl (C=O) groups excluding carboxylic acids is 3.